The van der Waals surface area contributed by atoms with Crippen LogP contribution < -0.4 is 11.1 Å². The van der Waals surface area contributed by atoms with Crippen LogP contribution in [0, 0.1) is 0 Å². The average molecular weight is 476 g/mol. The van der Waals surface area contributed by atoms with Crippen LogP contribution in [0.15, 0.2) is 30.7 Å². The largest absolute Gasteiger partial charge is 0.393 e. The first-order valence-electron chi connectivity index (χ1n) is 11.7. The van der Waals surface area contributed by atoms with Crippen LogP contribution in [-0.2, 0) is 12.0 Å². The SMILES string of the molecule is CCc1nc2c(N)ncc(-c3cnn(-c4ccc(C(C)(C)O)nn4)c3)c2nc1NC1CCC(O)C1. The van der Waals surface area contributed by atoms with Gasteiger partial charge in [-0.25, -0.2) is 19.6 Å². The zero-order valence-corrected chi connectivity index (χ0v) is 20.0. The Balaban J connectivity index is 1.53. The van der Waals surface area contributed by atoms with Crippen molar-refractivity contribution in [2.45, 2.75) is 64.2 Å². The van der Waals surface area contributed by atoms with Crippen molar-refractivity contribution < 1.29 is 10.2 Å². The fraction of sp³-hybridized carbons (Fsp3) is 0.417. The highest BCUT2D eigenvalue weighted by Crippen LogP contribution is 2.32. The molecule has 1 aliphatic carbocycles. The summed E-state index contributed by atoms with van der Waals surface area (Å²) in [6.45, 7) is 5.34. The fourth-order valence-electron chi connectivity index (χ4n) is 4.31. The third-order valence-electron chi connectivity index (χ3n) is 6.28. The number of pyridine rings is 1. The number of fused-ring (bicyclic) bond motifs is 1. The summed E-state index contributed by atoms with van der Waals surface area (Å²) >= 11 is 0. The average Bonchev–Trinajstić information content (AvgIpc) is 3.48. The molecule has 4 heterocycles. The summed E-state index contributed by atoms with van der Waals surface area (Å²) in [6, 6.07) is 3.62. The number of aliphatic hydroxyl groups excluding tert-OH is 1. The first-order chi connectivity index (χ1) is 16.7. The van der Waals surface area contributed by atoms with Crippen molar-refractivity contribution in [3.8, 4) is 16.9 Å². The lowest BCUT2D eigenvalue weighted by atomic mass is 10.1. The van der Waals surface area contributed by atoms with E-state index in [1.165, 1.54) is 0 Å². The number of nitrogen functional groups attached to an aromatic ring is 1. The van der Waals surface area contributed by atoms with Crippen molar-refractivity contribution in [3.05, 3.63) is 42.1 Å². The molecule has 11 heteroatoms. The number of aromatic nitrogens is 7. The van der Waals surface area contributed by atoms with E-state index in [1.807, 2.05) is 13.1 Å². The molecule has 0 radical (unpaired) electrons. The van der Waals surface area contributed by atoms with Crippen LogP contribution in [-0.4, -0.2) is 57.3 Å². The Morgan fingerprint density at radius 3 is 2.63 bits per heavy atom. The molecule has 2 unspecified atom stereocenters. The second kappa shape index (κ2) is 8.82. The van der Waals surface area contributed by atoms with E-state index in [0.717, 1.165) is 29.7 Å². The molecule has 2 atom stereocenters. The Morgan fingerprint density at radius 1 is 1.14 bits per heavy atom. The molecule has 5 N–H and O–H groups in total. The maximum atomic E-state index is 10.1. The molecule has 35 heavy (non-hydrogen) atoms. The predicted octanol–water partition coefficient (Wildman–Crippen LogP) is 2.36. The minimum Gasteiger partial charge on any atom is -0.393 e. The van der Waals surface area contributed by atoms with E-state index < -0.39 is 5.60 Å². The Labute approximate surface area is 202 Å². The Bertz CT molecular complexity index is 1360. The van der Waals surface area contributed by atoms with Crippen molar-refractivity contribution in [2.75, 3.05) is 11.1 Å². The molecule has 0 amide bonds. The van der Waals surface area contributed by atoms with Gasteiger partial charge in [-0.15, -0.1) is 5.10 Å². The van der Waals surface area contributed by atoms with Crippen molar-refractivity contribution in [1.29, 1.82) is 0 Å². The van der Waals surface area contributed by atoms with Crippen LogP contribution in [0.25, 0.3) is 28.0 Å². The van der Waals surface area contributed by atoms with Crippen LogP contribution >= 0.6 is 0 Å². The fourth-order valence-corrected chi connectivity index (χ4v) is 4.31. The molecular weight excluding hydrogens is 446 g/mol. The van der Waals surface area contributed by atoms with Gasteiger partial charge in [0.05, 0.1) is 23.7 Å². The molecule has 0 aromatic carbocycles. The molecule has 11 nitrogen and oxygen atoms in total. The van der Waals surface area contributed by atoms with Crippen LogP contribution in [0.4, 0.5) is 11.6 Å². The molecular formula is C24H29N9O2. The summed E-state index contributed by atoms with van der Waals surface area (Å²) in [7, 11) is 0. The number of anilines is 2. The number of hydrogen-bond donors (Lipinski definition) is 4. The van der Waals surface area contributed by atoms with Crippen molar-refractivity contribution in [1.82, 2.24) is 34.9 Å². The van der Waals surface area contributed by atoms with Gasteiger partial charge in [0.1, 0.15) is 22.5 Å². The van der Waals surface area contributed by atoms with Crippen LogP contribution in [0.5, 0.6) is 0 Å². The minimum atomic E-state index is -1.08. The smallest absolute Gasteiger partial charge is 0.175 e. The normalized spacial score (nSPS) is 18.3. The van der Waals surface area contributed by atoms with Crippen molar-refractivity contribution >= 4 is 22.7 Å². The minimum absolute atomic E-state index is 0.151. The van der Waals surface area contributed by atoms with E-state index in [4.69, 9.17) is 15.7 Å². The molecule has 0 saturated heterocycles. The summed E-state index contributed by atoms with van der Waals surface area (Å²) in [4.78, 5) is 14.1. The highest BCUT2D eigenvalue weighted by molar-refractivity contribution is 5.96. The molecule has 1 saturated carbocycles. The Kier molecular flexibility index (Phi) is 5.81. The molecule has 5 rings (SSSR count). The molecule has 1 aliphatic rings. The zero-order chi connectivity index (χ0) is 24.7. The van der Waals surface area contributed by atoms with Gasteiger partial charge in [-0.2, -0.15) is 10.2 Å². The lowest BCUT2D eigenvalue weighted by Gasteiger charge is -2.17. The van der Waals surface area contributed by atoms with Gasteiger partial charge in [-0.05, 0) is 51.7 Å². The van der Waals surface area contributed by atoms with Gasteiger partial charge >= 0.3 is 0 Å². The molecule has 0 spiro atoms. The number of nitrogens with two attached hydrogens (primary N) is 1. The summed E-state index contributed by atoms with van der Waals surface area (Å²) in [6.07, 6.45) is 7.94. The van der Waals surface area contributed by atoms with E-state index in [9.17, 15) is 10.2 Å². The van der Waals surface area contributed by atoms with Gasteiger partial charge in [-0.1, -0.05) is 6.92 Å². The first-order valence-corrected chi connectivity index (χ1v) is 11.7. The highest BCUT2D eigenvalue weighted by Gasteiger charge is 2.25. The topological polar surface area (TPSA) is 161 Å². The second-order valence-corrected chi connectivity index (χ2v) is 9.44. The van der Waals surface area contributed by atoms with E-state index in [-0.39, 0.29) is 12.1 Å². The third-order valence-corrected chi connectivity index (χ3v) is 6.28. The van der Waals surface area contributed by atoms with Gasteiger partial charge < -0.3 is 21.3 Å². The Morgan fingerprint density at radius 2 is 1.97 bits per heavy atom. The molecule has 182 valence electrons. The van der Waals surface area contributed by atoms with E-state index in [1.54, 1.807) is 43.1 Å². The van der Waals surface area contributed by atoms with Gasteiger partial charge in [0.2, 0.25) is 0 Å². The lowest BCUT2D eigenvalue weighted by molar-refractivity contribution is 0.0728. The monoisotopic (exact) mass is 475 g/mol. The third kappa shape index (κ3) is 4.52. The van der Waals surface area contributed by atoms with Crippen LogP contribution in [0.1, 0.15) is 51.4 Å². The van der Waals surface area contributed by atoms with E-state index >= 15 is 0 Å². The zero-order valence-electron chi connectivity index (χ0n) is 20.0. The van der Waals surface area contributed by atoms with Gasteiger partial charge in [0.25, 0.3) is 0 Å². The molecule has 1 fully saturated rings. The van der Waals surface area contributed by atoms with Gasteiger partial charge in [0.15, 0.2) is 11.6 Å². The summed E-state index contributed by atoms with van der Waals surface area (Å²) in [5.41, 5.74) is 9.06. The predicted molar refractivity (Wildman–Crippen MR) is 132 cm³/mol. The van der Waals surface area contributed by atoms with E-state index in [2.05, 4.69) is 25.6 Å². The number of rotatable bonds is 6. The molecule has 4 aromatic heterocycles. The molecule has 0 bridgehead atoms. The number of aryl methyl sites for hydroxylation is 1. The lowest BCUT2D eigenvalue weighted by Crippen LogP contribution is -2.19. The number of aliphatic hydroxyl groups is 2. The standard InChI is InChI=1S/C24H29N9O2/c1-4-17-23(28-14-5-6-15(34)9-14)30-20-16(11-26-22(25)21(20)29-17)13-10-27-33(12-13)19-8-7-18(31-32-19)24(2,3)35/h7-8,10-12,14-15,34-35H,4-6,9H2,1-3H3,(H2,25,26)(H,28,30). The molecule has 4 aromatic rings. The Hall–Kier alpha value is -3.70. The molecule has 0 aliphatic heterocycles. The highest BCUT2D eigenvalue weighted by atomic mass is 16.3. The maximum Gasteiger partial charge on any atom is 0.175 e. The van der Waals surface area contributed by atoms with Crippen LogP contribution in [0.3, 0.4) is 0 Å². The maximum absolute atomic E-state index is 10.1. The quantitative estimate of drug-likeness (QED) is 0.326. The van der Waals surface area contributed by atoms with Crippen molar-refractivity contribution in [3.63, 3.8) is 0 Å². The summed E-state index contributed by atoms with van der Waals surface area (Å²) < 4.78 is 1.60. The van der Waals surface area contributed by atoms with Gasteiger partial charge in [0, 0.05) is 29.6 Å². The van der Waals surface area contributed by atoms with E-state index in [0.29, 0.717) is 47.0 Å². The number of hydrogen-bond acceptors (Lipinski definition) is 10. The summed E-state index contributed by atoms with van der Waals surface area (Å²) in [5.74, 6) is 1.53. The number of nitrogens with zero attached hydrogens (tertiary/aromatic N) is 7. The second-order valence-electron chi connectivity index (χ2n) is 9.44. The van der Waals surface area contributed by atoms with Crippen molar-refractivity contribution in [2.24, 2.45) is 0 Å². The van der Waals surface area contributed by atoms with Gasteiger partial charge in [-0.3, -0.25) is 0 Å². The van der Waals surface area contributed by atoms with Crippen LogP contribution in [0.2, 0.25) is 0 Å². The summed E-state index contributed by atoms with van der Waals surface area (Å²) in [5, 5.41) is 36.3. The first kappa shape index (κ1) is 23.1. The number of nitrogens with one attached hydrogen (secondary N) is 1.